The number of para-hydroxylation sites is 1. The minimum atomic E-state index is -0.226. The predicted octanol–water partition coefficient (Wildman–Crippen LogP) is 1.43. The second-order valence-electron chi connectivity index (χ2n) is 5.13. The van der Waals surface area contributed by atoms with Gasteiger partial charge >= 0.3 is 0 Å². The lowest BCUT2D eigenvalue weighted by atomic mass is 10.1. The van der Waals surface area contributed by atoms with E-state index in [9.17, 15) is 9.59 Å². The molecular formula is C15H17N5O2S. The summed E-state index contributed by atoms with van der Waals surface area (Å²) in [5, 5.41) is 12.0. The van der Waals surface area contributed by atoms with Crippen molar-refractivity contribution in [2.45, 2.75) is 12.8 Å². The van der Waals surface area contributed by atoms with Gasteiger partial charge in [0.05, 0.1) is 10.2 Å². The first-order valence-corrected chi connectivity index (χ1v) is 8.17. The average molecular weight is 331 g/mol. The van der Waals surface area contributed by atoms with E-state index in [0.717, 1.165) is 15.3 Å². The number of hydrazone groups is 1. The summed E-state index contributed by atoms with van der Waals surface area (Å²) < 4.78 is 1.13. The Morgan fingerprint density at radius 3 is 2.91 bits per heavy atom. The smallest absolute Gasteiger partial charge is 0.267 e. The maximum absolute atomic E-state index is 12.0. The second-order valence-corrected chi connectivity index (χ2v) is 6.16. The number of carbonyl (C=O) groups is 2. The highest BCUT2D eigenvalue weighted by atomic mass is 32.1. The van der Waals surface area contributed by atoms with Crippen LogP contribution < -0.4 is 10.6 Å². The van der Waals surface area contributed by atoms with Crippen molar-refractivity contribution < 1.29 is 9.59 Å². The van der Waals surface area contributed by atoms with Crippen molar-refractivity contribution in [2.75, 3.05) is 25.5 Å². The predicted molar refractivity (Wildman–Crippen MR) is 90.6 cm³/mol. The van der Waals surface area contributed by atoms with Gasteiger partial charge in [0.2, 0.25) is 5.91 Å². The zero-order valence-corrected chi connectivity index (χ0v) is 13.5. The number of hydrogen-bond donors (Lipinski definition) is 2. The Morgan fingerprint density at radius 1 is 1.30 bits per heavy atom. The molecule has 0 saturated carbocycles. The number of nitrogens with one attached hydrogen (secondary N) is 2. The van der Waals surface area contributed by atoms with Crippen LogP contribution in [0.5, 0.6) is 0 Å². The Balaban J connectivity index is 1.47. The maximum atomic E-state index is 12.0. The highest BCUT2D eigenvalue weighted by Crippen LogP contribution is 2.24. The third-order valence-electron chi connectivity index (χ3n) is 3.45. The van der Waals surface area contributed by atoms with Crippen LogP contribution in [0.25, 0.3) is 10.2 Å². The number of amides is 2. The molecule has 0 radical (unpaired) electrons. The number of carbonyl (C=O) groups excluding carboxylic acids is 2. The van der Waals surface area contributed by atoms with E-state index in [4.69, 9.17) is 0 Å². The molecule has 8 heteroatoms. The van der Waals surface area contributed by atoms with E-state index in [1.54, 1.807) is 18.4 Å². The van der Waals surface area contributed by atoms with Gasteiger partial charge in [-0.25, -0.2) is 9.99 Å². The molecule has 1 aromatic heterocycles. The van der Waals surface area contributed by atoms with Crippen LogP contribution in [-0.2, 0) is 9.59 Å². The van der Waals surface area contributed by atoms with Crippen LogP contribution in [0.2, 0.25) is 0 Å². The number of aromatic nitrogens is 1. The van der Waals surface area contributed by atoms with Gasteiger partial charge in [-0.1, -0.05) is 23.5 Å². The number of anilines is 1. The molecule has 0 aliphatic carbocycles. The Bertz CT molecular complexity index is 737. The van der Waals surface area contributed by atoms with Gasteiger partial charge in [0.15, 0.2) is 5.13 Å². The van der Waals surface area contributed by atoms with Crippen LogP contribution in [-0.4, -0.2) is 47.7 Å². The molecule has 2 N–H and O–H groups in total. The number of hydrogen-bond acceptors (Lipinski definition) is 6. The van der Waals surface area contributed by atoms with E-state index in [0.29, 0.717) is 31.6 Å². The highest BCUT2D eigenvalue weighted by molar-refractivity contribution is 7.22. The molecule has 0 bridgehead atoms. The van der Waals surface area contributed by atoms with Crippen molar-refractivity contribution in [3.63, 3.8) is 0 Å². The lowest BCUT2D eigenvalue weighted by molar-refractivity contribution is -0.130. The van der Waals surface area contributed by atoms with Crippen molar-refractivity contribution in [2.24, 2.45) is 5.10 Å². The zero-order valence-electron chi connectivity index (χ0n) is 12.7. The summed E-state index contributed by atoms with van der Waals surface area (Å²) in [5.41, 5.74) is 1.36. The number of nitrogens with zero attached hydrogens (tertiary/aromatic N) is 3. The van der Waals surface area contributed by atoms with Gasteiger partial charge in [-0.05, 0) is 12.1 Å². The van der Waals surface area contributed by atoms with Gasteiger partial charge in [-0.15, -0.1) is 0 Å². The Hall–Kier alpha value is -2.48. The summed E-state index contributed by atoms with van der Waals surface area (Å²) in [7, 11) is 1.56. The fourth-order valence-corrected chi connectivity index (χ4v) is 3.12. The third kappa shape index (κ3) is 3.65. The van der Waals surface area contributed by atoms with Crippen LogP contribution in [0.15, 0.2) is 29.4 Å². The fourth-order valence-electron chi connectivity index (χ4n) is 2.23. The van der Waals surface area contributed by atoms with Gasteiger partial charge < -0.3 is 10.6 Å². The standard InChI is InChI=1S/C15H17N5O2S/c1-20-13(21)7-6-11(19-20)14(22)16-8-9-17-15-18-10-4-2-3-5-12(10)23-15/h2-5H,6-9H2,1H3,(H,16,22)(H,17,18). The molecule has 2 aromatic rings. The quantitative estimate of drug-likeness (QED) is 0.812. The van der Waals surface area contributed by atoms with Gasteiger partial charge in [0.1, 0.15) is 5.71 Å². The van der Waals surface area contributed by atoms with E-state index < -0.39 is 0 Å². The summed E-state index contributed by atoms with van der Waals surface area (Å²) >= 11 is 1.58. The molecule has 0 fully saturated rings. The second kappa shape index (κ2) is 6.74. The number of benzene rings is 1. The van der Waals surface area contributed by atoms with Gasteiger partial charge in [0.25, 0.3) is 5.91 Å². The van der Waals surface area contributed by atoms with E-state index in [2.05, 4.69) is 20.7 Å². The van der Waals surface area contributed by atoms with Crippen LogP contribution in [0.4, 0.5) is 5.13 Å². The zero-order chi connectivity index (χ0) is 16.2. The largest absolute Gasteiger partial charge is 0.360 e. The van der Waals surface area contributed by atoms with Crippen molar-refractivity contribution in [3.05, 3.63) is 24.3 Å². The third-order valence-corrected chi connectivity index (χ3v) is 4.44. The molecule has 0 atom stereocenters. The maximum Gasteiger partial charge on any atom is 0.267 e. The SMILES string of the molecule is CN1N=C(C(=O)NCCNc2nc3ccccc3s2)CCC1=O. The minimum Gasteiger partial charge on any atom is -0.360 e. The van der Waals surface area contributed by atoms with Crippen molar-refractivity contribution in [1.29, 1.82) is 0 Å². The number of rotatable bonds is 5. The van der Waals surface area contributed by atoms with Crippen LogP contribution in [0, 0.1) is 0 Å². The number of thiazole rings is 1. The van der Waals surface area contributed by atoms with E-state index in [-0.39, 0.29) is 11.8 Å². The molecule has 2 heterocycles. The summed E-state index contributed by atoms with van der Waals surface area (Å²) in [4.78, 5) is 27.8. The molecule has 3 rings (SSSR count). The van der Waals surface area contributed by atoms with Gasteiger partial charge in [-0.2, -0.15) is 5.10 Å². The number of fused-ring (bicyclic) bond motifs is 1. The van der Waals surface area contributed by atoms with E-state index in [1.807, 2.05) is 24.3 Å². The summed E-state index contributed by atoms with van der Waals surface area (Å²) in [5.74, 6) is -0.297. The summed E-state index contributed by atoms with van der Waals surface area (Å²) in [6.45, 7) is 1.04. The van der Waals surface area contributed by atoms with Crippen LogP contribution in [0.3, 0.4) is 0 Å². The summed E-state index contributed by atoms with van der Waals surface area (Å²) in [6, 6.07) is 7.94. The first kappa shape index (κ1) is 15.4. The first-order valence-electron chi connectivity index (χ1n) is 7.35. The molecule has 1 aromatic carbocycles. The van der Waals surface area contributed by atoms with Crippen LogP contribution >= 0.6 is 11.3 Å². The Kier molecular flexibility index (Phi) is 4.52. The molecule has 0 saturated heterocycles. The molecule has 1 aliphatic rings. The molecular weight excluding hydrogens is 314 g/mol. The van der Waals surface area contributed by atoms with Gasteiger partial charge in [0, 0.05) is 33.0 Å². The molecule has 7 nitrogen and oxygen atoms in total. The molecule has 120 valence electrons. The normalized spacial score (nSPS) is 14.7. The molecule has 0 spiro atoms. The molecule has 2 amide bonds. The van der Waals surface area contributed by atoms with Crippen molar-refractivity contribution in [1.82, 2.24) is 15.3 Å². The summed E-state index contributed by atoms with van der Waals surface area (Å²) in [6.07, 6.45) is 0.715. The molecule has 1 aliphatic heterocycles. The lowest BCUT2D eigenvalue weighted by Crippen LogP contribution is -2.39. The fraction of sp³-hybridized carbons (Fsp3) is 0.333. The minimum absolute atomic E-state index is 0.0703. The topological polar surface area (TPSA) is 86.7 Å². The van der Waals surface area contributed by atoms with E-state index >= 15 is 0 Å². The first-order chi connectivity index (χ1) is 11.1. The monoisotopic (exact) mass is 331 g/mol. The highest BCUT2D eigenvalue weighted by Gasteiger charge is 2.21. The molecule has 23 heavy (non-hydrogen) atoms. The average Bonchev–Trinajstić information content (AvgIpc) is 2.96. The van der Waals surface area contributed by atoms with Gasteiger partial charge in [-0.3, -0.25) is 9.59 Å². The van der Waals surface area contributed by atoms with Crippen molar-refractivity contribution in [3.8, 4) is 0 Å². The lowest BCUT2D eigenvalue weighted by Gasteiger charge is -2.18. The molecule has 0 unspecified atom stereocenters. The Morgan fingerprint density at radius 2 is 2.13 bits per heavy atom. The van der Waals surface area contributed by atoms with E-state index in [1.165, 1.54) is 5.01 Å². The Labute approximate surface area is 137 Å². The van der Waals surface area contributed by atoms with Crippen molar-refractivity contribution >= 4 is 44.2 Å². The van der Waals surface area contributed by atoms with Crippen LogP contribution in [0.1, 0.15) is 12.8 Å².